The molecule has 4 aromatic rings. The first-order valence-electron chi connectivity index (χ1n) is 9.34. The van der Waals surface area contributed by atoms with E-state index in [2.05, 4.69) is 20.3 Å². The molecular formula is C23H20N4O2. The zero-order valence-electron chi connectivity index (χ0n) is 16.2. The quantitative estimate of drug-likeness (QED) is 0.538. The number of nitrogens with zero attached hydrogens (tertiary/aromatic N) is 3. The number of benzene rings is 1. The predicted octanol–water partition coefficient (Wildman–Crippen LogP) is 4.73. The maximum Gasteiger partial charge on any atom is 0.257 e. The highest BCUT2D eigenvalue weighted by Gasteiger charge is 2.12. The Hall–Kier alpha value is -3.80. The first-order chi connectivity index (χ1) is 14.1. The summed E-state index contributed by atoms with van der Waals surface area (Å²) in [6.07, 6.45) is 6.82. The fraction of sp³-hybridized carbons (Fsp3) is 0.130. The van der Waals surface area contributed by atoms with Crippen LogP contribution in [0.25, 0.3) is 22.0 Å². The van der Waals surface area contributed by atoms with E-state index in [-0.39, 0.29) is 12.0 Å². The Bertz CT molecular complexity index is 1140. The van der Waals surface area contributed by atoms with Gasteiger partial charge in [0.25, 0.3) is 5.91 Å². The average Bonchev–Trinajstić information content (AvgIpc) is 2.74. The summed E-state index contributed by atoms with van der Waals surface area (Å²) >= 11 is 0. The summed E-state index contributed by atoms with van der Waals surface area (Å²) in [6.45, 7) is 3.85. The minimum absolute atomic E-state index is 0.0259. The van der Waals surface area contributed by atoms with Crippen LogP contribution in [0.1, 0.15) is 24.2 Å². The normalized spacial score (nSPS) is 10.9. The summed E-state index contributed by atoms with van der Waals surface area (Å²) < 4.78 is 5.52. The Morgan fingerprint density at radius 2 is 1.86 bits per heavy atom. The van der Waals surface area contributed by atoms with E-state index in [1.54, 1.807) is 24.5 Å². The summed E-state index contributed by atoms with van der Waals surface area (Å²) in [7, 11) is 0. The Morgan fingerprint density at radius 3 is 2.59 bits per heavy atom. The Labute approximate surface area is 168 Å². The Balaban J connectivity index is 1.64. The third-order valence-corrected chi connectivity index (χ3v) is 4.35. The number of ether oxygens (including phenoxy) is 1. The largest absolute Gasteiger partial charge is 0.475 e. The van der Waals surface area contributed by atoms with E-state index in [1.165, 1.54) is 6.20 Å². The van der Waals surface area contributed by atoms with Crippen LogP contribution in [-0.2, 0) is 0 Å². The number of carbonyl (C=O) groups excluding carboxylic acids is 1. The molecule has 0 radical (unpaired) electrons. The number of para-hydroxylation sites is 1. The molecule has 1 aromatic carbocycles. The van der Waals surface area contributed by atoms with Crippen molar-refractivity contribution in [3.05, 3.63) is 78.9 Å². The molecule has 0 saturated carbocycles. The molecule has 6 heteroatoms. The van der Waals surface area contributed by atoms with Gasteiger partial charge in [0, 0.05) is 41.8 Å². The Kier molecular flexibility index (Phi) is 5.16. The minimum Gasteiger partial charge on any atom is -0.475 e. The lowest BCUT2D eigenvalue weighted by Crippen LogP contribution is -2.13. The van der Waals surface area contributed by atoms with Crippen molar-refractivity contribution in [2.24, 2.45) is 0 Å². The van der Waals surface area contributed by atoms with Gasteiger partial charge in [0.1, 0.15) is 0 Å². The van der Waals surface area contributed by atoms with Gasteiger partial charge in [0.05, 0.1) is 22.9 Å². The highest BCUT2D eigenvalue weighted by atomic mass is 16.5. The molecule has 0 aliphatic carbocycles. The predicted molar refractivity (Wildman–Crippen MR) is 113 cm³/mol. The third-order valence-electron chi connectivity index (χ3n) is 4.35. The molecule has 0 atom stereocenters. The van der Waals surface area contributed by atoms with E-state index in [0.29, 0.717) is 17.1 Å². The number of amides is 1. The summed E-state index contributed by atoms with van der Waals surface area (Å²) in [4.78, 5) is 25.6. The van der Waals surface area contributed by atoms with E-state index in [1.807, 2.05) is 56.4 Å². The van der Waals surface area contributed by atoms with Crippen molar-refractivity contribution in [3.8, 4) is 17.0 Å². The smallest absolute Gasteiger partial charge is 0.257 e. The molecule has 0 unspecified atom stereocenters. The number of hydrogen-bond acceptors (Lipinski definition) is 5. The van der Waals surface area contributed by atoms with Gasteiger partial charge >= 0.3 is 0 Å². The molecule has 1 amide bonds. The second-order valence-electron chi connectivity index (χ2n) is 6.81. The summed E-state index contributed by atoms with van der Waals surface area (Å²) in [5.74, 6) is 0.235. The third kappa shape index (κ3) is 4.06. The number of nitrogens with one attached hydrogen (secondary N) is 1. The first-order valence-corrected chi connectivity index (χ1v) is 9.34. The van der Waals surface area contributed by atoms with Crippen LogP contribution in [0.3, 0.4) is 0 Å². The molecule has 4 rings (SSSR count). The molecular weight excluding hydrogens is 364 g/mol. The van der Waals surface area contributed by atoms with Gasteiger partial charge in [-0.3, -0.25) is 14.8 Å². The number of aromatic nitrogens is 3. The van der Waals surface area contributed by atoms with Gasteiger partial charge in [-0.05, 0) is 43.7 Å². The molecule has 144 valence electrons. The molecule has 3 aromatic heterocycles. The van der Waals surface area contributed by atoms with Gasteiger partial charge in [-0.15, -0.1) is 0 Å². The number of hydrogen-bond donors (Lipinski definition) is 1. The van der Waals surface area contributed by atoms with Crippen LogP contribution in [0.4, 0.5) is 5.69 Å². The molecule has 0 aliphatic heterocycles. The van der Waals surface area contributed by atoms with Crippen molar-refractivity contribution >= 4 is 22.5 Å². The van der Waals surface area contributed by atoms with Crippen LogP contribution in [0.5, 0.6) is 5.88 Å². The van der Waals surface area contributed by atoms with E-state index in [4.69, 9.17) is 4.74 Å². The molecule has 0 bridgehead atoms. The fourth-order valence-electron chi connectivity index (χ4n) is 3.07. The molecule has 0 fully saturated rings. The van der Waals surface area contributed by atoms with Crippen molar-refractivity contribution in [2.45, 2.75) is 20.0 Å². The van der Waals surface area contributed by atoms with Crippen LogP contribution in [0, 0.1) is 0 Å². The number of rotatable bonds is 5. The number of carbonyl (C=O) groups is 1. The standard InChI is InChI=1S/C23H20N4O2/c1-15(2)29-21-9-8-17(14-26-21)23(28)27-20-7-3-6-19-18(10-12-25-22(19)20)16-5-4-11-24-13-16/h3-15H,1-2H3,(H,27,28). The second-order valence-corrected chi connectivity index (χ2v) is 6.81. The first kappa shape index (κ1) is 18.6. The lowest BCUT2D eigenvalue weighted by molar-refractivity contribution is 0.102. The van der Waals surface area contributed by atoms with Crippen LogP contribution >= 0.6 is 0 Å². The number of pyridine rings is 3. The monoisotopic (exact) mass is 384 g/mol. The minimum atomic E-state index is -0.255. The van der Waals surface area contributed by atoms with Gasteiger partial charge in [-0.1, -0.05) is 18.2 Å². The van der Waals surface area contributed by atoms with Crippen molar-refractivity contribution < 1.29 is 9.53 Å². The van der Waals surface area contributed by atoms with E-state index < -0.39 is 0 Å². The fourth-order valence-corrected chi connectivity index (χ4v) is 3.07. The van der Waals surface area contributed by atoms with Crippen LogP contribution in [0.15, 0.2) is 73.3 Å². The van der Waals surface area contributed by atoms with Gasteiger partial charge in [0.2, 0.25) is 5.88 Å². The second kappa shape index (κ2) is 8.06. The number of fused-ring (bicyclic) bond motifs is 1. The zero-order chi connectivity index (χ0) is 20.2. The summed E-state index contributed by atoms with van der Waals surface area (Å²) in [6, 6.07) is 15.0. The van der Waals surface area contributed by atoms with Gasteiger partial charge in [-0.25, -0.2) is 4.98 Å². The molecule has 0 aliphatic rings. The highest BCUT2D eigenvalue weighted by Crippen LogP contribution is 2.30. The summed E-state index contributed by atoms with van der Waals surface area (Å²) in [5, 5.41) is 3.88. The van der Waals surface area contributed by atoms with Crippen molar-refractivity contribution in [3.63, 3.8) is 0 Å². The molecule has 3 heterocycles. The Morgan fingerprint density at radius 1 is 0.966 bits per heavy atom. The van der Waals surface area contributed by atoms with E-state index in [9.17, 15) is 4.79 Å². The lowest BCUT2D eigenvalue weighted by atomic mass is 10.0. The molecule has 0 spiro atoms. The topological polar surface area (TPSA) is 77.0 Å². The van der Waals surface area contributed by atoms with Crippen LogP contribution < -0.4 is 10.1 Å². The molecule has 0 saturated heterocycles. The van der Waals surface area contributed by atoms with E-state index in [0.717, 1.165) is 22.0 Å². The molecule has 29 heavy (non-hydrogen) atoms. The SMILES string of the molecule is CC(C)Oc1ccc(C(=O)Nc2cccc3c(-c4cccnc4)ccnc23)cn1. The van der Waals surface area contributed by atoms with E-state index >= 15 is 0 Å². The molecule has 6 nitrogen and oxygen atoms in total. The summed E-state index contributed by atoms with van der Waals surface area (Å²) in [5.41, 5.74) is 3.81. The van der Waals surface area contributed by atoms with Gasteiger partial charge < -0.3 is 10.1 Å². The van der Waals surface area contributed by atoms with Crippen LogP contribution in [0.2, 0.25) is 0 Å². The van der Waals surface area contributed by atoms with Crippen molar-refractivity contribution in [2.75, 3.05) is 5.32 Å². The average molecular weight is 384 g/mol. The maximum atomic E-state index is 12.7. The van der Waals surface area contributed by atoms with Crippen LogP contribution in [-0.4, -0.2) is 27.0 Å². The van der Waals surface area contributed by atoms with Gasteiger partial charge in [0.15, 0.2) is 0 Å². The lowest BCUT2D eigenvalue weighted by Gasteiger charge is -2.11. The number of anilines is 1. The zero-order valence-corrected chi connectivity index (χ0v) is 16.2. The van der Waals surface area contributed by atoms with Crippen molar-refractivity contribution in [1.29, 1.82) is 0 Å². The maximum absolute atomic E-state index is 12.7. The van der Waals surface area contributed by atoms with Gasteiger partial charge in [-0.2, -0.15) is 0 Å². The van der Waals surface area contributed by atoms with Crippen molar-refractivity contribution in [1.82, 2.24) is 15.0 Å². The molecule has 1 N–H and O–H groups in total. The highest BCUT2D eigenvalue weighted by molar-refractivity contribution is 6.10.